The third kappa shape index (κ3) is 1.81. The Morgan fingerprint density at radius 1 is 1.53 bits per heavy atom. The van der Waals surface area contributed by atoms with Crippen molar-refractivity contribution >= 4 is 17.2 Å². The third-order valence-corrected chi connectivity index (χ3v) is 3.24. The molecule has 1 amide bonds. The van der Waals surface area contributed by atoms with Crippen LogP contribution in [0.15, 0.2) is 18.6 Å². The quantitative estimate of drug-likeness (QED) is 0.451. The Bertz CT molecular complexity index is 405. The summed E-state index contributed by atoms with van der Waals surface area (Å²) in [7, 11) is 0. The van der Waals surface area contributed by atoms with E-state index in [2.05, 4.69) is 5.43 Å². The van der Waals surface area contributed by atoms with Gasteiger partial charge in [-0.15, -0.1) is 11.3 Å². The lowest BCUT2D eigenvalue weighted by Crippen LogP contribution is -2.29. The summed E-state index contributed by atoms with van der Waals surface area (Å²) < 4.78 is 10.4. The number of carbonyl (C=O) groups is 1. The fourth-order valence-electron chi connectivity index (χ4n) is 1.28. The van der Waals surface area contributed by atoms with Crippen LogP contribution in [0.1, 0.15) is 26.4 Å². The summed E-state index contributed by atoms with van der Waals surface area (Å²) in [5.74, 6) is 4.74. The van der Waals surface area contributed by atoms with Crippen molar-refractivity contribution in [2.24, 2.45) is 5.84 Å². The average molecular weight is 226 g/mol. The largest absolute Gasteiger partial charge is 0.454 e. The number of aryl methyl sites for hydroxylation is 1. The summed E-state index contributed by atoms with van der Waals surface area (Å²) in [5.41, 5.74) is 3.04. The van der Waals surface area contributed by atoms with Crippen molar-refractivity contribution in [3.8, 4) is 0 Å². The second-order valence-electron chi connectivity index (χ2n) is 3.01. The fraction of sp³-hybridized carbons (Fsp3) is 0.222. The average Bonchev–Trinajstić information content (AvgIpc) is 2.84. The molecule has 3 N–H and O–H groups in total. The fourth-order valence-corrected chi connectivity index (χ4v) is 2.33. The van der Waals surface area contributed by atoms with Gasteiger partial charge in [-0.25, -0.2) is 5.84 Å². The Balaban J connectivity index is 2.25. The molecule has 0 saturated carbocycles. The second kappa shape index (κ2) is 3.92. The first kappa shape index (κ1) is 10.0. The van der Waals surface area contributed by atoms with Crippen molar-refractivity contribution in [2.75, 3.05) is 0 Å². The van der Waals surface area contributed by atoms with Crippen LogP contribution in [0.25, 0.3) is 0 Å². The SMILES string of the molecule is Cc1cc(C(=O)NN)sc1C1OC=CO1. The number of thiophene rings is 1. The van der Waals surface area contributed by atoms with E-state index in [1.165, 1.54) is 23.9 Å². The smallest absolute Gasteiger partial charge is 0.275 e. The zero-order valence-electron chi connectivity index (χ0n) is 8.02. The zero-order chi connectivity index (χ0) is 10.8. The van der Waals surface area contributed by atoms with E-state index in [0.717, 1.165) is 10.4 Å². The molecule has 1 aromatic rings. The Morgan fingerprint density at radius 2 is 2.20 bits per heavy atom. The molecule has 0 aliphatic carbocycles. The summed E-state index contributed by atoms with van der Waals surface area (Å²) in [4.78, 5) is 12.7. The molecule has 1 aliphatic rings. The van der Waals surface area contributed by atoms with E-state index in [1.807, 2.05) is 6.92 Å². The molecule has 2 rings (SSSR count). The van der Waals surface area contributed by atoms with Gasteiger partial charge in [-0.3, -0.25) is 10.2 Å². The first-order chi connectivity index (χ1) is 7.22. The van der Waals surface area contributed by atoms with Crippen molar-refractivity contribution in [1.29, 1.82) is 0 Å². The molecule has 0 aromatic carbocycles. The van der Waals surface area contributed by atoms with Crippen LogP contribution in [0.5, 0.6) is 0 Å². The van der Waals surface area contributed by atoms with Gasteiger partial charge in [-0.2, -0.15) is 0 Å². The van der Waals surface area contributed by atoms with E-state index in [-0.39, 0.29) is 5.91 Å². The Kier molecular flexibility index (Phi) is 2.61. The Hall–Kier alpha value is -1.53. The minimum Gasteiger partial charge on any atom is -0.454 e. The molecule has 1 aromatic heterocycles. The molecule has 2 heterocycles. The Labute approximate surface area is 90.4 Å². The molecule has 15 heavy (non-hydrogen) atoms. The lowest BCUT2D eigenvalue weighted by molar-refractivity contribution is -0.0220. The number of hydrazine groups is 1. The number of amides is 1. The standard InChI is InChI=1S/C9H10N2O3S/c1-5-4-6(8(12)11-10)15-7(5)9-13-2-3-14-9/h2-4,9H,10H2,1H3,(H,11,12). The van der Waals surface area contributed by atoms with Crippen molar-refractivity contribution < 1.29 is 14.3 Å². The maximum Gasteiger partial charge on any atom is 0.275 e. The van der Waals surface area contributed by atoms with Crippen molar-refractivity contribution in [3.63, 3.8) is 0 Å². The van der Waals surface area contributed by atoms with Crippen molar-refractivity contribution in [3.05, 3.63) is 33.9 Å². The number of rotatable bonds is 2. The summed E-state index contributed by atoms with van der Waals surface area (Å²) in [5, 5.41) is 0. The number of nitrogens with one attached hydrogen (secondary N) is 1. The van der Waals surface area contributed by atoms with Gasteiger partial charge in [-0.1, -0.05) is 0 Å². The highest BCUT2D eigenvalue weighted by atomic mass is 32.1. The maximum absolute atomic E-state index is 11.3. The van der Waals surface area contributed by atoms with Crippen LogP contribution in [0.4, 0.5) is 0 Å². The molecule has 0 atom stereocenters. The summed E-state index contributed by atoms with van der Waals surface area (Å²) in [6.07, 6.45) is 2.52. The van der Waals surface area contributed by atoms with Crippen LogP contribution in [-0.2, 0) is 9.47 Å². The predicted octanol–water partition coefficient (Wildman–Crippen LogP) is 1.18. The molecule has 1 aliphatic heterocycles. The van der Waals surface area contributed by atoms with Crippen LogP contribution >= 0.6 is 11.3 Å². The third-order valence-electron chi connectivity index (χ3n) is 1.99. The topological polar surface area (TPSA) is 73.6 Å². The highest BCUT2D eigenvalue weighted by Gasteiger charge is 2.22. The minimum absolute atomic E-state index is 0.305. The van der Waals surface area contributed by atoms with E-state index in [0.29, 0.717) is 4.88 Å². The van der Waals surface area contributed by atoms with E-state index < -0.39 is 6.29 Å². The molecular formula is C9H10N2O3S. The summed E-state index contributed by atoms with van der Waals surface area (Å²) >= 11 is 1.31. The van der Waals surface area contributed by atoms with Gasteiger partial charge in [-0.05, 0) is 18.6 Å². The van der Waals surface area contributed by atoms with Gasteiger partial charge in [0, 0.05) is 0 Å². The first-order valence-corrected chi connectivity index (χ1v) is 5.11. The monoisotopic (exact) mass is 226 g/mol. The lowest BCUT2D eigenvalue weighted by atomic mass is 10.2. The van der Waals surface area contributed by atoms with Crippen LogP contribution in [-0.4, -0.2) is 5.91 Å². The van der Waals surface area contributed by atoms with Gasteiger partial charge in [0.1, 0.15) is 12.5 Å². The number of hydrogen-bond acceptors (Lipinski definition) is 5. The van der Waals surface area contributed by atoms with Crippen LogP contribution in [0.2, 0.25) is 0 Å². The molecule has 80 valence electrons. The van der Waals surface area contributed by atoms with Gasteiger partial charge < -0.3 is 9.47 Å². The predicted molar refractivity (Wildman–Crippen MR) is 54.8 cm³/mol. The minimum atomic E-state index is -0.436. The number of nitrogen functional groups attached to an aromatic ring is 1. The van der Waals surface area contributed by atoms with Crippen LogP contribution < -0.4 is 11.3 Å². The van der Waals surface area contributed by atoms with Gasteiger partial charge in [0.25, 0.3) is 12.2 Å². The molecular weight excluding hydrogens is 216 g/mol. The summed E-state index contributed by atoms with van der Waals surface area (Å²) in [6, 6.07) is 1.76. The second-order valence-corrected chi connectivity index (χ2v) is 4.09. The lowest BCUT2D eigenvalue weighted by Gasteiger charge is -2.08. The van der Waals surface area contributed by atoms with Crippen molar-refractivity contribution in [1.82, 2.24) is 5.43 Å². The number of carbonyl (C=O) groups excluding carboxylic acids is 1. The molecule has 0 fully saturated rings. The van der Waals surface area contributed by atoms with E-state index >= 15 is 0 Å². The Morgan fingerprint density at radius 3 is 2.80 bits per heavy atom. The van der Waals surface area contributed by atoms with Crippen LogP contribution in [0, 0.1) is 6.92 Å². The number of ether oxygens (including phenoxy) is 2. The molecule has 5 nitrogen and oxygen atoms in total. The molecule has 0 unspecified atom stereocenters. The van der Waals surface area contributed by atoms with E-state index in [4.69, 9.17) is 15.3 Å². The molecule has 0 radical (unpaired) electrons. The highest BCUT2D eigenvalue weighted by Crippen LogP contribution is 2.33. The van der Waals surface area contributed by atoms with Gasteiger partial charge >= 0.3 is 0 Å². The number of hydrogen-bond donors (Lipinski definition) is 2. The zero-order valence-corrected chi connectivity index (χ0v) is 8.84. The molecule has 6 heteroatoms. The molecule has 0 bridgehead atoms. The van der Waals surface area contributed by atoms with Gasteiger partial charge in [0.2, 0.25) is 0 Å². The van der Waals surface area contributed by atoms with E-state index in [9.17, 15) is 4.79 Å². The highest BCUT2D eigenvalue weighted by molar-refractivity contribution is 7.14. The number of nitrogens with two attached hydrogens (primary N) is 1. The van der Waals surface area contributed by atoms with Gasteiger partial charge in [0.15, 0.2) is 0 Å². The first-order valence-electron chi connectivity index (χ1n) is 4.29. The molecule has 0 spiro atoms. The normalized spacial score (nSPS) is 14.8. The van der Waals surface area contributed by atoms with Crippen LogP contribution in [0.3, 0.4) is 0 Å². The van der Waals surface area contributed by atoms with E-state index in [1.54, 1.807) is 6.07 Å². The summed E-state index contributed by atoms with van der Waals surface area (Å²) in [6.45, 7) is 1.89. The maximum atomic E-state index is 11.3. The van der Waals surface area contributed by atoms with Crippen molar-refractivity contribution in [2.45, 2.75) is 13.2 Å². The van der Waals surface area contributed by atoms with Gasteiger partial charge in [0.05, 0.1) is 9.75 Å². The molecule has 0 saturated heterocycles.